The van der Waals surface area contributed by atoms with Crippen LogP contribution in [0.25, 0.3) is 0 Å². The Balaban J connectivity index is 1.24. The topological polar surface area (TPSA) is 98.4 Å². The van der Waals surface area contributed by atoms with Gasteiger partial charge in [-0.1, -0.05) is 29.5 Å². The second-order valence-corrected chi connectivity index (χ2v) is 7.01. The van der Waals surface area contributed by atoms with Gasteiger partial charge in [-0.05, 0) is 31.2 Å². The average Bonchev–Trinajstić information content (AvgIpc) is 3.35. The third-order valence-corrected chi connectivity index (χ3v) is 4.74. The second-order valence-electron chi connectivity index (χ2n) is 6.07. The van der Waals surface area contributed by atoms with Crippen molar-refractivity contribution in [3.8, 4) is 17.2 Å². The van der Waals surface area contributed by atoms with Crippen molar-refractivity contribution in [3.05, 3.63) is 53.9 Å². The molecule has 8 nitrogen and oxygen atoms in total. The van der Waals surface area contributed by atoms with Crippen LogP contribution < -0.4 is 19.5 Å². The lowest BCUT2D eigenvalue weighted by atomic mass is 10.2. The second kappa shape index (κ2) is 8.22. The third-order valence-electron chi connectivity index (χ3n) is 3.90. The van der Waals surface area contributed by atoms with E-state index in [0.717, 1.165) is 5.75 Å². The number of carbonyl (C=O) groups is 1. The fraction of sp³-hybridized carbons (Fsp3) is 0.211. The Labute approximate surface area is 165 Å². The molecular formula is C19H18N4O4S. The molecule has 1 amide bonds. The van der Waals surface area contributed by atoms with Crippen molar-refractivity contribution >= 4 is 23.4 Å². The molecule has 1 aromatic heterocycles. The predicted octanol–water partition coefficient (Wildman–Crippen LogP) is 3.15. The first kappa shape index (κ1) is 18.2. The molecule has 2 heterocycles. The number of aromatic nitrogens is 3. The number of benzene rings is 2. The lowest BCUT2D eigenvalue weighted by molar-refractivity contribution is -0.113. The highest BCUT2D eigenvalue weighted by Crippen LogP contribution is 2.34. The molecular weight excluding hydrogens is 380 g/mol. The molecule has 28 heavy (non-hydrogen) atoms. The molecule has 0 atom stereocenters. The first-order valence-electron chi connectivity index (χ1n) is 8.59. The molecule has 0 bridgehead atoms. The van der Waals surface area contributed by atoms with Crippen LogP contribution in [-0.4, -0.2) is 33.6 Å². The Morgan fingerprint density at radius 3 is 2.89 bits per heavy atom. The van der Waals surface area contributed by atoms with Crippen LogP contribution in [0.1, 0.15) is 11.4 Å². The molecule has 0 fully saturated rings. The number of anilines is 1. The molecule has 0 aliphatic carbocycles. The minimum atomic E-state index is -0.161. The van der Waals surface area contributed by atoms with Crippen LogP contribution in [0.2, 0.25) is 0 Å². The molecule has 0 saturated carbocycles. The molecule has 2 aromatic carbocycles. The smallest absolute Gasteiger partial charge is 0.234 e. The maximum absolute atomic E-state index is 12.1. The van der Waals surface area contributed by atoms with Gasteiger partial charge in [-0.25, -0.2) is 4.98 Å². The summed E-state index contributed by atoms with van der Waals surface area (Å²) >= 11 is 1.24. The molecule has 2 N–H and O–H groups in total. The van der Waals surface area contributed by atoms with Gasteiger partial charge in [-0.3, -0.25) is 9.89 Å². The molecule has 3 aromatic rings. The lowest BCUT2D eigenvalue weighted by Gasteiger charge is -2.05. The van der Waals surface area contributed by atoms with Crippen molar-refractivity contribution in [2.45, 2.75) is 18.7 Å². The van der Waals surface area contributed by atoms with Crippen molar-refractivity contribution < 1.29 is 19.0 Å². The van der Waals surface area contributed by atoms with Crippen LogP contribution in [0, 0.1) is 6.92 Å². The van der Waals surface area contributed by atoms with Crippen molar-refractivity contribution in [3.63, 3.8) is 0 Å². The van der Waals surface area contributed by atoms with Crippen LogP contribution in [0.3, 0.4) is 0 Å². The summed E-state index contributed by atoms with van der Waals surface area (Å²) in [5.41, 5.74) is 1.82. The van der Waals surface area contributed by atoms with E-state index in [-0.39, 0.29) is 25.1 Å². The number of nitrogens with zero attached hydrogens (tertiary/aromatic N) is 2. The number of nitrogens with one attached hydrogen (secondary N) is 2. The number of rotatable bonds is 7. The van der Waals surface area contributed by atoms with Crippen LogP contribution in [0.5, 0.6) is 17.2 Å². The standard InChI is InChI=1S/C19H18N4O4S/c1-12-2-5-14(6-3-12)25-9-17-21-19(23-22-17)28-10-18(24)20-13-4-7-15-16(8-13)27-11-26-15/h2-8H,9-11H2,1H3,(H,20,24)(H,21,22,23). The highest BCUT2D eigenvalue weighted by atomic mass is 32.2. The van der Waals surface area contributed by atoms with E-state index in [0.29, 0.717) is 28.2 Å². The number of ether oxygens (including phenoxy) is 3. The minimum Gasteiger partial charge on any atom is -0.486 e. The van der Waals surface area contributed by atoms with Gasteiger partial charge in [0, 0.05) is 11.8 Å². The number of aryl methyl sites for hydroxylation is 1. The quantitative estimate of drug-likeness (QED) is 0.590. The van der Waals surface area contributed by atoms with Crippen molar-refractivity contribution in [1.82, 2.24) is 15.2 Å². The van der Waals surface area contributed by atoms with E-state index in [1.165, 1.54) is 17.3 Å². The van der Waals surface area contributed by atoms with Crippen LogP contribution in [-0.2, 0) is 11.4 Å². The van der Waals surface area contributed by atoms with Gasteiger partial charge in [0.2, 0.25) is 17.9 Å². The summed E-state index contributed by atoms with van der Waals surface area (Å²) in [7, 11) is 0. The Hall–Kier alpha value is -3.20. The summed E-state index contributed by atoms with van der Waals surface area (Å²) in [5.74, 6) is 2.68. The predicted molar refractivity (Wildman–Crippen MR) is 104 cm³/mol. The van der Waals surface area contributed by atoms with Crippen LogP contribution >= 0.6 is 11.8 Å². The molecule has 144 valence electrons. The molecule has 0 spiro atoms. The Morgan fingerprint density at radius 2 is 2.04 bits per heavy atom. The number of H-pyrrole nitrogens is 1. The van der Waals surface area contributed by atoms with Gasteiger partial charge in [-0.2, -0.15) is 0 Å². The normalized spacial score (nSPS) is 12.0. The Kier molecular flexibility index (Phi) is 5.34. The molecule has 1 aliphatic heterocycles. The van der Waals surface area contributed by atoms with E-state index in [2.05, 4.69) is 20.5 Å². The van der Waals surface area contributed by atoms with Gasteiger partial charge in [0.1, 0.15) is 12.4 Å². The number of hydrogen-bond donors (Lipinski definition) is 2. The highest BCUT2D eigenvalue weighted by molar-refractivity contribution is 7.99. The molecule has 1 aliphatic rings. The van der Waals surface area contributed by atoms with E-state index in [1.54, 1.807) is 18.2 Å². The zero-order chi connectivity index (χ0) is 19.3. The van der Waals surface area contributed by atoms with Gasteiger partial charge in [0.15, 0.2) is 17.3 Å². The Morgan fingerprint density at radius 1 is 1.21 bits per heavy atom. The number of carbonyl (C=O) groups excluding carboxylic acids is 1. The van der Waals surface area contributed by atoms with E-state index >= 15 is 0 Å². The van der Waals surface area contributed by atoms with Gasteiger partial charge in [-0.15, -0.1) is 5.10 Å². The number of fused-ring (bicyclic) bond motifs is 1. The SMILES string of the molecule is Cc1ccc(OCc2nc(SCC(=O)Nc3ccc4c(c3)OCO4)n[nH]2)cc1. The van der Waals surface area contributed by atoms with Crippen LogP contribution in [0.4, 0.5) is 5.69 Å². The van der Waals surface area contributed by atoms with Crippen LogP contribution in [0.15, 0.2) is 47.6 Å². The first-order chi connectivity index (χ1) is 13.7. The highest BCUT2D eigenvalue weighted by Gasteiger charge is 2.14. The maximum atomic E-state index is 12.1. The minimum absolute atomic E-state index is 0.161. The largest absolute Gasteiger partial charge is 0.486 e. The average molecular weight is 398 g/mol. The fourth-order valence-electron chi connectivity index (χ4n) is 2.49. The van der Waals surface area contributed by atoms with Gasteiger partial charge >= 0.3 is 0 Å². The van der Waals surface area contributed by atoms with Crippen molar-refractivity contribution in [2.24, 2.45) is 0 Å². The monoisotopic (exact) mass is 398 g/mol. The maximum Gasteiger partial charge on any atom is 0.234 e. The van der Waals surface area contributed by atoms with E-state index in [9.17, 15) is 4.79 Å². The summed E-state index contributed by atoms with van der Waals surface area (Å²) in [4.78, 5) is 16.5. The Bertz CT molecular complexity index is 974. The van der Waals surface area contributed by atoms with E-state index in [1.807, 2.05) is 31.2 Å². The molecule has 9 heteroatoms. The molecule has 0 radical (unpaired) electrons. The lowest BCUT2D eigenvalue weighted by Crippen LogP contribution is -2.14. The van der Waals surface area contributed by atoms with Gasteiger partial charge in [0.05, 0.1) is 5.75 Å². The van der Waals surface area contributed by atoms with E-state index < -0.39 is 0 Å². The zero-order valence-electron chi connectivity index (χ0n) is 15.1. The zero-order valence-corrected chi connectivity index (χ0v) is 15.9. The van der Waals surface area contributed by atoms with Crippen molar-refractivity contribution in [2.75, 3.05) is 17.9 Å². The summed E-state index contributed by atoms with van der Waals surface area (Å²) in [6.07, 6.45) is 0. The summed E-state index contributed by atoms with van der Waals surface area (Å²) in [5, 5.41) is 10.2. The summed E-state index contributed by atoms with van der Waals surface area (Å²) in [6.45, 7) is 2.50. The van der Waals surface area contributed by atoms with Gasteiger partial charge < -0.3 is 19.5 Å². The molecule has 4 rings (SSSR count). The van der Waals surface area contributed by atoms with Crippen molar-refractivity contribution in [1.29, 1.82) is 0 Å². The molecule has 0 saturated heterocycles. The van der Waals surface area contributed by atoms with E-state index in [4.69, 9.17) is 14.2 Å². The number of thioether (sulfide) groups is 1. The number of amides is 1. The number of hydrogen-bond acceptors (Lipinski definition) is 7. The number of aromatic amines is 1. The summed E-state index contributed by atoms with van der Waals surface area (Å²) in [6, 6.07) is 13.0. The fourth-order valence-corrected chi connectivity index (χ4v) is 3.11. The van der Waals surface area contributed by atoms with Gasteiger partial charge in [0.25, 0.3) is 0 Å². The molecule has 0 unspecified atom stereocenters. The first-order valence-corrected chi connectivity index (χ1v) is 9.57. The third kappa shape index (κ3) is 4.55. The summed E-state index contributed by atoms with van der Waals surface area (Å²) < 4.78 is 16.2.